The summed E-state index contributed by atoms with van der Waals surface area (Å²) in [7, 11) is 0. The van der Waals surface area contributed by atoms with Gasteiger partial charge in [-0.15, -0.1) is 0 Å². The van der Waals surface area contributed by atoms with Gasteiger partial charge < -0.3 is 5.11 Å². The number of hydrogen-bond donors (Lipinski definition) is 1. The first-order chi connectivity index (χ1) is 8.65. The van der Waals surface area contributed by atoms with E-state index in [1.165, 1.54) is 37.8 Å². The molecule has 0 heterocycles. The zero-order chi connectivity index (χ0) is 13.0. The first-order valence-electron chi connectivity index (χ1n) is 6.77. The van der Waals surface area contributed by atoms with Gasteiger partial charge in [0.1, 0.15) is 5.82 Å². The van der Waals surface area contributed by atoms with E-state index in [0.717, 1.165) is 18.8 Å². The lowest BCUT2D eigenvalue weighted by Gasteiger charge is -2.14. The van der Waals surface area contributed by atoms with Crippen LogP contribution in [0.25, 0.3) is 0 Å². The molecule has 2 rings (SSSR count). The van der Waals surface area contributed by atoms with Crippen molar-refractivity contribution in [1.82, 2.24) is 0 Å². The van der Waals surface area contributed by atoms with Crippen LogP contribution in [-0.2, 0) is 6.42 Å². The second kappa shape index (κ2) is 6.53. The summed E-state index contributed by atoms with van der Waals surface area (Å²) in [4.78, 5) is 0. The highest BCUT2D eigenvalue weighted by molar-refractivity contribution is 6.30. The fourth-order valence-electron chi connectivity index (χ4n) is 2.78. The number of hydrogen-bond acceptors (Lipinski definition) is 1. The van der Waals surface area contributed by atoms with Gasteiger partial charge in [0.25, 0.3) is 0 Å². The summed E-state index contributed by atoms with van der Waals surface area (Å²) in [6, 6.07) is 4.50. The molecule has 1 unspecified atom stereocenters. The summed E-state index contributed by atoms with van der Waals surface area (Å²) in [6.07, 6.45) is 6.95. The highest BCUT2D eigenvalue weighted by atomic mass is 35.5. The van der Waals surface area contributed by atoms with Crippen LogP contribution < -0.4 is 0 Å². The van der Waals surface area contributed by atoms with Crippen molar-refractivity contribution in [3.8, 4) is 0 Å². The van der Waals surface area contributed by atoms with Crippen molar-refractivity contribution in [2.75, 3.05) is 0 Å². The van der Waals surface area contributed by atoms with E-state index < -0.39 is 6.10 Å². The molecule has 0 aromatic heterocycles. The Morgan fingerprint density at radius 1 is 1.33 bits per heavy atom. The molecule has 1 aliphatic rings. The van der Waals surface area contributed by atoms with E-state index in [-0.39, 0.29) is 5.82 Å². The van der Waals surface area contributed by atoms with Gasteiger partial charge in [0.05, 0.1) is 6.10 Å². The molecule has 1 fully saturated rings. The van der Waals surface area contributed by atoms with Crippen LogP contribution in [0, 0.1) is 11.7 Å². The normalized spacial score (nSPS) is 18.2. The van der Waals surface area contributed by atoms with Gasteiger partial charge in [-0.1, -0.05) is 37.3 Å². The lowest BCUT2D eigenvalue weighted by atomic mass is 9.96. The van der Waals surface area contributed by atoms with Crippen LogP contribution >= 0.6 is 11.6 Å². The first-order valence-corrected chi connectivity index (χ1v) is 7.15. The summed E-state index contributed by atoms with van der Waals surface area (Å²) in [5.74, 6) is 0.489. The van der Waals surface area contributed by atoms with Crippen molar-refractivity contribution in [3.63, 3.8) is 0 Å². The molecule has 0 spiro atoms. The van der Waals surface area contributed by atoms with Gasteiger partial charge in [-0.25, -0.2) is 4.39 Å². The molecule has 1 saturated carbocycles. The average Bonchev–Trinajstić information content (AvgIpc) is 2.84. The Morgan fingerprint density at radius 3 is 2.78 bits per heavy atom. The topological polar surface area (TPSA) is 20.2 Å². The molecule has 3 heteroatoms. The third-order valence-corrected chi connectivity index (χ3v) is 4.08. The largest absolute Gasteiger partial charge is 0.393 e. The molecule has 1 nitrogen and oxygen atoms in total. The monoisotopic (exact) mass is 270 g/mol. The lowest BCUT2D eigenvalue weighted by molar-refractivity contribution is 0.153. The maximum atomic E-state index is 13.5. The number of rotatable bonds is 5. The van der Waals surface area contributed by atoms with Crippen molar-refractivity contribution in [2.24, 2.45) is 5.92 Å². The molecule has 18 heavy (non-hydrogen) atoms. The average molecular weight is 271 g/mol. The molecule has 1 aromatic rings. The van der Waals surface area contributed by atoms with E-state index in [1.807, 2.05) is 0 Å². The van der Waals surface area contributed by atoms with Gasteiger partial charge >= 0.3 is 0 Å². The number of aliphatic hydroxyl groups is 1. The van der Waals surface area contributed by atoms with Gasteiger partial charge in [-0.2, -0.15) is 0 Å². The molecule has 1 N–H and O–H groups in total. The summed E-state index contributed by atoms with van der Waals surface area (Å²) >= 11 is 5.83. The number of benzene rings is 1. The van der Waals surface area contributed by atoms with E-state index in [4.69, 9.17) is 11.6 Å². The highest BCUT2D eigenvalue weighted by Gasteiger charge is 2.17. The third kappa shape index (κ3) is 3.96. The Morgan fingerprint density at radius 2 is 2.06 bits per heavy atom. The van der Waals surface area contributed by atoms with Gasteiger partial charge in [-0.3, -0.25) is 0 Å². The minimum absolute atomic E-state index is 0.278. The molecule has 0 bridgehead atoms. The number of aliphatic hydroxyl groups excluding tert-OH is 1. The summed E-state index contributed by atoms with van der Waals surface area (Å²) < 4.78 is 13.5. The molecule has 100 valence electrons. The van der Waals surface area contributed by atoms with Gasteiger partial charge in [0.15, 0.2) is 0 Å². The molecule has 0 aliphatic heterocycles. The van der Waals surface area contributed by atoms with Crippen LogP contribution in [0.3, 0.4) is 0 Å². The Hall–Kier alpha value is -0.600. The van der Waals surface area contributed by atoms with Gasteiger partial charge in [-0.05, 0) is 42.5 Å². The fraction of sp³-hybridized carbons (Fsp3) is 0.600. The predicted molar refractivity (Wildman–Crippen MR) is 72.3 cm³/mol. The fourth-order valence-corrected chi connectivity index (χ4v) is 2.98. The zero-order valence-corrected chi connectivity index (χ0v) is 11.3. The quantitative estimate of drug-likeness (QED) is 0.843. The van der Waals surface area contributed by atoms with Crippen LogP contribution in [0.4, 0.5) is 4.39 Å². The Kier molecular flexibility index (Phi) is 5.02. The maximum Gasteiger partial charge on any atom is 0.126 e. The zero-order valence-electron chi connectivity index (χ0n) is 10.5. The van der Waals surface area contributed by atoms with Crippen LogP contribution in [0.5, 0.6) is 0 Å². The smallest absolute Gasteiger partial charge is 0.126 e. The van der Waals surface area contributed by atoms with Crippen molar-refractivity contribution in [3.05, 3.63) is 34.6 Å². The molecular weight excluding hydrogens is 251 g/mol. The standard InChI is InChI=1S/C15H20ClFO/c16-13-6-8-15(17)12(9-13)10-14(18)7-5-11-3-1-2-4-11/h6,8-9,11,14,18H,1-5,7,10H2. The van der Waals surface area contributed by atoms with E-state index in [2.05, 4.69) is 0 Å². The van der Waals surface area contributed by atoms with Crippen LogP contribution in [0.2, 0.25) is 5.02 Å². The molecule has 1 aromatic carbocycles. The third-order valence-electron chi connectivity index (χ3n) is 3.85. The van der Waals surface area contributed by atoms with E-state index >= 15 is 0 Å². The van der Waals surface area contributed by atoms with Crippen LogP contribution in [0.1, 0.15) is 44.1 Å². The minimum Gasteiger partial charge on any atom is -0.393 e. The number of halogens is 2. The highest BCUT2D eigenvalue weighted by Crippen LogP contribution is 2.29. The van der Waals surface area contributed by atoms with Gasteiger partial charge in [0, 0.05) is 11.4 Å². The second-order valence-electron chi connectivity index (χ2n) is 5.32. The minimum atomic E-state index is -0.460. The summed E-state index contributed by atoms with van der Waals surface area (Å²) in [5.41, 5.74) is 0.515. The van der Waals surface area contributed by atoms with Crippen LogP contribution in [0.15, 0.2) is 18.2 Å². The lowest BCUT2D eigenvalue weighted by Crippen LogP contribution is -2.13. The maximum absolute atomic E-state index is 13.5. The second-order valence-corrected chi connectivity index (χ2v) is 5.76. The van der Waals surface area contributed by atoms with E-state index in [1.54, 1.807) is 6.07 Å². The van der Waals surface area contributed by atoms with Crippen molar-refractivity contribution >= 4 is 11.6 Å². The molecule has 1 atom stereocenters. The summed E-state index contributed by atoms with van der Waals surface area (Å²) in [5, 5.41) is 10.5. The van der Waals surface area contributed by atoms with E-state index in [9.17, 15) is 9.50 Å². The first kappa shape index (κ1) is 13.8. The Balaban J connectivity index is 1.82. The molecule has 0 radical (unpaired) electrons. The molecule has 0 amide bonds. The Labute approximate surface area is 113 Å². The van der Waals surface area contributed by atoms with Crippen molar-refractivity contribution in [1.29, 1.82) is 0 Å². The SMILES string of the molecule is OC(CCC1CCCC1)Cc1cc(Cl)ccc1F. The van der Waals surface area contributed by atoms with E-state index in [0.29, 0.717) is 17.0 Å². The predicted octanol–water partition coefficient (Wildman–Crippen LogP) is 4.35. The van der Waals surface area contributed by atoms with Crippen LogP contribution in [-0.4, -0.2) is 11.2 Å². The Bertz CT molecular complexity index is 388. The molecular formula is C15H20ClFO. The molecule has 0 saturated heterocycles. The van der Waals surface area contributed by atoms with Crippen molar-refractivity contribution < 1.29 is 9.50 Å². The van der Waals surface area contributed by atoms with Gasteiger partial charge in [0.2, 0.25) is 0 Å². The molecule has 1 aliphatic carbocycles. The van der Waals surface area contributed by atoms with Crippen molar-refractivity contribution in [2.45, 2.75) is 51.0 Å². The summed E-state index contributed by atoms with van der Waals surface area (Å²) in [6.45, 7) is 0.